The smallest absolute Gasteiger partial charge is 0.253 e. The maximum absolute atomic E-state index is 12.3. The molecule has 7 heteroatoms. The summed E-state index contributed by atoms with van der Waals surface area (Å²) in [5.74, 6) is -0.218. The first-order valence-corrected chi connectivity index (χ1v) is 7.93. The average molecular weight is 297 g/mol. The van der Waals surface area contributed by atoms with Crippen molar-refractivity contribution in [1.29, 1.82) is 0 Å². The Morgan fingerprint density at radius 2 is 2.15 bits per heavy atom. The van der Waals surface area contributed by atoms with Crippen LogP contribution in [0.3, 0.4) is 0 Å². The Hall–Kier alpha value is -1.44. The van der Waals surface area contributed by atoms with Gasteiger partial charge in [0.15, 0.2) is 0 Å². The molecular formula is C13H19N3O3S. The summed E-state index contributed by atoms with van der Waals surface area (Å²) in [4.78, 5) is 13.4. The number of nitrogens with one attached hydrogen (secondary N) is 2. The Kier molecular flexibility index (Phi) is 4.42. The van der Waals surface area contributed by atoms with Crippen molar-refractivity contribution in [2.24, 2.45) is 0 Å². The molecule has 0 aliphatic carbocycles. The molecule has 1 atom stereocenters. The second-order valence-corrected chi connectivity index (χ2v) is 6.75. The van der Waals surface area contributed by atoms with Gasteiger partial charge in [-0.05, 0) is 31.2 Å². The van der Waals surface area contributed by atoms with Gasteiger partial charge in [0, 0.05) is 32.2 Å². The highest BCUT2D eigenvalue weighted by Crippen LogP contribution is 2.14. The van der Waals surface area contributed by atoms with Gasteiger partial charge in [0.05, 0.1) is 4.90 Å². The van der Waals surface area contributed by atoms with Crippen molar-refractivity contribution in [3.63, 3.8) is 0 Å². The summed E-state index contributed by atoms with van der Waals surface area (Å²) in [6, 6.07) is 6.01. The number of sulfonamides is 1. The Balaban J connectivity index is 2.23. The van der Waals surface area contributed by atoms with E-state index in [2.05, 4.69) is 10.0 Å². The van der Waals surface area contributed by atoms with E-state index in [4.69, 9.17) is 0 Å². The van der Waals surface area contributed by atoms with E-state index in [1.807, 2.05) is 0 Å². The van der Waals surface area contributed by atoms with Gasteiger partial charge < -0.3 is 10.2 Å². The maximum Gasteiger partial charge on any atom is 0.253 e. The van der Waals surface area contributed by atoms with Crippen LogP contribution in [0.15, 0.2) is 29.2 Å². The predicted molar refractivity (Wildman–Crippen MR) is 76.1 cm³/mol. The van der Waals surface area contributed by atoms with E-state index < -0.39 is 10.0 Å². The van der Waals surface area contributed by atoms with Crippen LogP contribution in [0.4, 0.5) is 0 Å². The third-order valence-corrected chi connectivity index (χ3v) is 4.70. The van der Waals surface area contributed by atoms with Crippen molar-refractivity contribution in [2.45, 2.75) is 17.4 Å². The Labute approximate surface area is 119 Å². The lowest BCUT2D eigenvalue weighted by Gasteiger charge is -2.14. The second-order valence-electron chi connectivity index (χ2n) is 5.04. The van der Waals surface area contributed by atoms with Crippen molar-refractivity contribution in [3.05, 3.63) is 29.8 Å². The molecule has 1 amide bonds. The predicted octanol–water partition coefficient (Wildman–Crippen LogP) is 0.0286. The van der Waals surface area contributed by atoms with Crippen molar-refractivity contribution in [2.75, 3.05) is 27.2 Å². The quantitative estimate of drug-likeness (QED) is 0.822. The highest BCUT2D eigenvalue weighted by atomic mass is 32.2. The van der Waals surface area contributed by atoms with Gasteiger partial charge in [-0.15, -0.1) is 0 Å². The molecule has 1 aromatic rings. The summed E-state index contributed by atoms with van der Waals surface area (Å²) >= 11 is 0. The molecule has 0 bridgehead atoms. The van der Waals surface area contributed by atoms with Gasteiger partial charge in [-0.25, -0.2) is 13.1 Å². The van der Waals surface area contributed by atoms with Crippen LogP contribution in [0, 0.1) is 0 Å². The first kappa shape index (κ1) is 15.0. The molecule has 1 fully saturated rings. The highest BCUT2D eigenvalue weighted by Gasteiger charge is 2.23. The topological polar surface area (TPSA) is 78.5 Å². The van der Waals surface area contributed by atoms with E-state index in [0.717, 1.165) is 13.0 Å². The Morgan fingerprint density at radius 1 is 1.40 bits per heavy atom. The molecule has 1 aliphatic rings. The monoisotopic (exact) mass is 297 g/mol. The minimum absolute atomic E-state index is 0.0896. The molecule has 6 nitrogen and oxygen atoms in total. The lowest BCUT2D eigenvalue weighted by Crippen LogP contribution is -2.36. The average Bonchev–Trinajstić information content (AvgIpc) is 2.90. The zero-order chi connectivity index (χ0) is 14.8. The van der Waals surface area contributed by atoms with E-state index in [1.54, 1.807) is 26.2 Å². The van der Waals surface area contributed by atoms with Crippen LogP contribution in [0.5, 0.6) is 0 Å². The molecule has 0 aromatic heterocycles. The summed E-state index contributed by atoms with van der Waals surface area (Å²) < 4.78 is 27.2. The second kappa shape index (κ2) is 5.90. The number of amides is 1. The fraction of sp³-hybridized carbons (Fsp3) is 0.462. The first-order valence-electron chi connectivity index (χ1n) is 6.45. The van der Waals surface area contributed by atoms with Gasteiger partial charge >= 0.3 is 0 Å². The van der Waals surface area contributed by atoms with Gasteiger partial charge in [-0.3, -0.25) is 4.79 Å². The van der Waals surface area contributed by atoms with Gasteiger partial charge in [0.1, 0.15) is 0 Å². The van der Waals surface area contributed by atoms with Crippen molar-refractivity contribution in [1.82, 2.24) is 14.9 Å². The molecule has 0 saturated carbocycles. The molecule has 2 N–H and O–H groups in total. The maximum atomic E-state index is 12.3. The minimum atomic E-state index is -3.59. The molecule has 2 rings (SSSR count). The summed E-state index contributed by atoms with van der Waals surface area (Å²) in [5.41, 5.74) is 0.363. The van der Waals surface area contributed by atoms with Crippen LogP contribution in [0.2, 0.25) is 0 Å². The lowest BCUT2D eigenvalue weighted by atomic mass is 10.2. The van der Waals surface area contributed by atoms with Gasteiger partial charge in [0.2, 0.25) is 10.0 Å². The summed E-state index contributed by atoms with van der Waals surface area (Å²) in [6.45, 7) is 1.45. The number of rotatable bonds is 4. The molecule has 20 heavy (non-hydrogen) atoms. The Morgan fingerprint density at radius 3 is 2.75 bits per heavy atom. The number of nitrogens with zero attached hydrogens (tertiary/aromatic N) is 1. The molecule has 1 unspecified atom stereocenters. The van der Waals surface area contributed by atoms with Crippen LogP contribution in [-0.2, 0) is 10.0 Å². The zero-order valence-corrected chi connectivity index (χ0v) is 12.4. The molecule has 1 aliphatic heterocycles. The van der Waals surface area contributed by atoms with Crippen molar-refractivity contribution < 1.29 is 13.2 Å². The van der Waals surface area contributed by atoms with Crippen LogP contribution in [0.1, 0.15) is 16.8 Å². The number of carbonyl (C=O) groups is 1. The molecule has 0 spiro atoms. The standard InChI is InChI=1S/C13H19N3O3S/c1-16(2)13(17)10-4-3-5-12(8-10)20(18,19)15-11-6-7-14-9-11/h3-5,8,11,14-15H,6-7,9H2,1-2H3. The fourth-order valence-electron chi connectivity index (χ4n) is 2.10. The van der Waals surface area contributed by atoms with Crippen LogP contribution >= 0.6 is 0 Å². The summed E-state index contributed by atoms with van der Waals surface area (Å²) in [5, 5.41) is 3.10. The fourth-order valence-corrected chi connectivity index (χ4v) is 3.41. The third kappa shape index (κ3) is 3.36. The number of hydrogen-bond acceptors (Lipinski definition) is 4. The number of carbonyl (C=O) groups excluding carboxylic acids is 1. The van der Waals surface area contributed by atoms with E-state index in [9.17, 15) is 13.2 Å². The van der Waals surface area contributed by atoms with Gasteiger partial charge in [-0.1, -0.05) is 6.07 Å². The van der Waals surface area contributed by atoms with Crippen LogP contribution < -0.4 is 10.0 Å². The van der Waals surface area contributed by atoms with E-state index in [0.29, 0.717) is 12.1 Å². The number of benzene rings is 1. The normalized spacial score (nSPS) is 19.0. The molecular weight excluding hydrogens is 278 g/mol. The summed E-state index contributed by atoms with van der Waals surface area (Å²) in [7, 11) is -0.324. The van der Waals surface area contributed by atoms with Crippen LogP contribution in [-0.4, -0.2) is 52.5 Å². The zero-order valence-electron chi connectivity index (χ0n) is 11.6. The largest absolute Gasteiger partial charge is 0.345 e. The first-order chi connectivity index (χ1) is 9.40. The van der Waals surface area contributed by atoms with E-state index in [-0.39, 0.29) is 16.8 Å². The minimum Gasteiger partial charge on any atom is -0.345 e. The van der Waals surface area contributed by atoms with Crippen molar-refractivity contribution >= 4 is 15.9 Å². The molecule has 1 aromatic carbocycles. The molecule has 1 saturated heterocycles. The molecule has 110 valence electrons. The SMILES string of the molecule is CN(C)C(=O)c1cccc(S(=O)(=O)NC2CCNC2)c1. The van der Waals surface area contributed by atoms with E-state index in [1.165, 1.54) is 17.0 Å². The summed E-state index contributed by atoms with van der Waals surface area (Å²) in [6.07, 6.45) is 0.773. The lowest BCUT2D eigenvalue weighted by molar-refractivity contribution is 0.0827. The number of hydrogen-bond donors (Lipinski definition) is 2. The van der Waals surface area contributed by atoms with Gasteiger partial charge in [0.25, 0.3) is 5.91 Å². The molecule has 1 heterocycles. The van der Waals surface area contributed by atoms with Crippen LogP contribution in [0.25, 0.3) is 0 Å². The Bertz CT molecular complexity index is 593. The van der Waals surface area contributed by atoms with Crippen molar-refractivity contribution in [3.8, 4) is 0 Å². The highest BCUT2D eigenvalue weighted by molar-refractivity contribution is 7.89. The third-order valence-electron chi connectivity index (χ3n) is 3.18. The molecule has 0 radical (unpaired) electrons. The van der Waals surface area contributed by atoms with E-state index >= 15 is 0 Å². The van der Waals surface area contributed by atoms with Gasteiger partial charge in [-0.2, -0.15) is 0 Å².